The van der Waals surface area contributed by atoms with Gasteiger partial charge in [0.05, 0.1) is 0 Å². The number of carboxylic acid groups (broad SMARTS) is 4. The fourth-order valence-electron chi connectivity index (χ4n) is 4.23. The van der Waals surface area contributed by atoms with Crippen LogP contribution in [0, 0.1) is 35.5 Å². The predicted molar refractivity (Wildman–Crippen MR) is 85.9 cm³/mol. The van der Waals surface area contributed by atoms with E-state index in [1.807, 2.05) is 13.8 Å². The van der Waals surface area contributed by atoms with Crippen LogP contribution in [0.3, 0.4) is 0 Å². The molecule has 1 aliphatic carbocycles. The van der Waals surface area contributed by atoms with E-state index in [1.165, 1.54) is 0 Å². The van der Waals surface area contributed by atoms with E-state index >= 15 is 0 Å². The second-order valence-electron chi connectivity index (χ2n) is 7.02. The monoisotopic (exact) mass is 358 g/mol. The summed E-state index contributed by atoms with van der Waals surface area (Å²) in [6.07, 6.45) is 2.13. The van der Waals surface area contributed by atoms with Crippen LogP contribution < -0.4 is 0 Å². The number of aliphatic carboxylic acids is 4. The molecule has 8 heteroatoms. The van der Waals surface area contributed by atoms with Crippen molar-refractivity contribution in [3.05, 3.63) is 0 Å². The Balaban J connectivity index is 3.09. The lowest BCUT2D eigenvalue weighted by atomic mass is 9.75. The fourth-order valence-corrected chi connectivity index (χ4v) is 4.23. The van der Waals surface area contributed by atoms with Crippen LogP contribution in [0.5, 0.6) is 0 Å². The molecule has 0 bridgehead atoms. The summed E-state index contributed by atoms with van der Waals surface area (Å²) < 4.78 is 0. The molecule has 1 aliphatic rings. The Kier molecular flexibility index (Phi) is 7.38. The highest BCUT2D eigenvalue weighted by Crippen LogP contribution is 2.49. The average molecular weight is 358 g/mol. The minimum absolute atomic E-state index is 0.0194. The summed E-state index contributed by atoms with van der Waals surface area (Å²) in [6.45, 7) is 3.86. The Bertz CT molecular complexity index is 501. The Morgan fingerprint density at radius 2 is 1.24 bits per heavy atom. The lowest BCUT2D eigenvalue weighted by molar-refractivity contribution is -0.159. The Morgan fingerprint density at radius 3 is 1.60 bits per heavy atom. The third kappa shape index (κ3) is 5.17. The minimum Gasteiger partial charge on any atom is -0.481 e. The first-order valence-electron chi connectivity index (χ1n) is 8.51. The third-order valence-electron chi connectivity index (χ3n) is 5.43. The molecule has 0 heterocycles. The van der Waals surface area contributed by atoms with Crippen LogP contribution in [-0.2, 0) is 19.2 Å². The molecular weight excluding hydrogens is 332 g/mol. The fraction of sp³-hybridized carbons (Fsp3) is 0.765. The van der Waals surface area contributed by atoms with Gasteiger partial charge in [0, 0.05) is 0 Å². The molecule has 0 spiro atoms. The third-order valence-corrected chi connectivity index (χ3v) is 5.43. The molecule has 0 aromatic carbocycles. The molecule has 1 rings (SSSR count). The topological polar surface area (TPSA) is 149 Å². The quantitative estimate of drug-likeness (QED) is 0.433. The molecule has 25 heavy (non-hydrogen) atoms. The van der Waals surface area contributed by atoms with Crippen LogP contribution >= 0.6 is 0 Å². The van der Waals surface area contributed by atoms with Gasteiger partial charge in [-0.15, -0.1) is 0 Å². The number of carboxylic acids is 4. The summed E-state index contributed by atoms with van der Waals surface area (Å²) in [4.78, 5) is 44.9. The molecule has 0 radical (unpaired) electrons. The zero-order valence-corrected chi connectivity index (χ0v) is 14.4. The maximum Gasteiger partial charge on any atom is 0.317 e. The van der Waals surface area contributed by atoms with E-state index in [0.29, 0.717) is 0 Å². The molecule has 4 N–H and O–H groups in total. The van der Waals surface area contributed by atoms with Gasteiger partial charge in [0.25, 0.3) is 0 Å². The van der Waals surface area contributed by atoms with E-state index in [2.05, 4.69) is 0 Å². The van der Waals surface area contributed by atoms with E-state index in [0.717, 1.165) is 19.3 Å². The SMILES string of the molecule is CCCC1CC(C)C(CC(C(=O)O)C(=O)O)C1CC(C(=O)O)C(=O)O. The molecule has 142 valence electrons. The van der Waals surface area contributed by atoms with Crippen molar-refractivity contribution in [2.75, 3.05) is 0 Å². The summed E-state index contributed by atoms with van der Waals surface area (Å²) in [5.74, 6) is -9.36. The second-order valence-corrected chi connectivity index (χ2v) is 7.02. The van der Waals surface area contributed by atoms with Crippen molar-refractivity contribution in [1.82, 2.24) is 0 Å². The molecule has 1 fully saturated rings. The minimum atomic E-state index is -1.57. The first kappa shape index (κ1) is 20.9. The highest BCUT2D eigenvalue weighted by molar-refractivity contribution is 5.93. The van der Waals surface area contributed by atoms with Gasteiger partial charge in [-0.1, -0.05) is 26.7 Å². The van der Waals surface area contributed by atoms with Crippen molar-refractivity contribution in [3.63, 3.8) is 0 Å². The van der Waals surface area contributed by atoms with Crippen LogP contribution in [0.2, 0.25) is 0 Å². The maximum atomic E-state index is 11.3. The molecule has 8 nitrogen and oxygen atoms in total. The van der Waals surface area contributed by atoms with Gasteiger partial charge in [0.1, 0.15) is 0 Å². The highest BCUT2D eigenvalue weighted by atomic mass is 16.4. The lowest BCUT2D eigenvalue weighted by Gasteiger charge is -2.28. The predicted octanol–water partition coefficient (Wildman–Crippen LogP) is 2.03. The van der Waals surface area contributed by atoms with Gasteiger partial charge < -0.3 is 20.4 Å². The zero-order valence-electron chi connectivity index (χ0n) is 14.4. The molecule has 0 saturated heterocycles. The summed E-state index contributed by atoms with van der Waals surface area (Å²) in [6, 6.07) is 0. The van der Waals surface area contributed by atoms with Gasteiger partial charge >= 0.3 is 23.9 Å². The maximum absolute atomic E-state index is 11.3. The van der Waals surface area contributed by atoms with Crippen LogP contribution in [0.25, 0.3) is 0 Å². The standard InChI is InChI=1S/C17H26O8/c1-3-4-9-5-8(2)10(6-12(14(18)19)15(20)21)11(9)7-13(16(22)23)17(24)25/h8-13H,3-7H2,1-2H3,(H,18,19)(H,20,21)(H,22,23)(H,24,25). The summed E-state index contributed by atoms with van der Waals surface area (Å²) in [5.41, 5.74) is 0. The van der Waals surface area contributed by atoms with E-state index in [9.17, 15) is 19.2 Å². The van der Waals surface area contributed by atoms with Crippen molar-refractivity contribution in [3.8, 4) is 0 Å². The van der Waals surface area contributed by atoms with Crippen LogP contribution in [0.1, 0.15) is 46.0 Å². The molecule has 0 amide bonds. The summed E-state index contributed by atoms with van der Waals surface area (Å²) in [7, 11) is 0. The van der Waals surface area contributed by atoms with E-state index in [-0.39, 0.29) is 36.5 Å². The van der Waals surface area contributed by atoms with Gasteiger partial charge in [-0.3, -0.25) is 19.2 Å². The lowest BCUT2D eigenvalue weighted by Crippen LogP contribution is -2.33. The molecule has 4 atom stereocenters. The van der Waals surface area contributed by atoms with E-state index in [1.54, 1.807) is 0 Å². The largest absolute Gasteiger partial charge is 0.481 e. The van der Waals surface area contributed by atoms with E-state index < -0.39 is 35.7 Å². The van der Waals surface area contributed by atoms with Crippen molar-refractivity contribution in [1.29, 1.82) is 0 Å². The number of hydrogen-bond donors (Lipinski definition) is 4. The summed E-state index contributed by atoms with van der Waals surface area (Å²) in [5, 5.41) is 36.6. The number of rotatable bonds is 10. The zero-order chi connectivity index (χ0) is 19.3. The van der Waals surface area contributed by atoms with Gasteiger partial charge in [-0.25, -0.2) is 0 Å². The molecule has 0 aliphatic heterocycles. The molecular formula is C17H26O8. The van der Waals surface area contributed by atoms with Crippen molar-refractivity contribution < 1.29 is 39.6 Å². The average Bonchev–Trinajstić information content (AvgIpc) is 2.76. The van der Waals surface area contributed by atoms with Crippen LogP contribution in [0.4, 0.5) is 0 Å². The van der Waals surface area contributed by atoms with Crippen molar-refractivity contribution in [2.24, 2.45) is 35.5 Å². The molecule has 4 unspecified atom stereocenters. The van der Waals surface area contributed by atoms with Gasteiger partial charge in [0.15, 0.2) is 11.8 Å². The number of hydrogen-bond acceptors (Lipinski definition) is 4. The molecule has 1 saturated carbocycles. The summed E-state index contributed by atoms with van der Waals surface area (Å²) >= 11 is 0. The van der Waals surface area contributed by atoms with Gasteiger partial charge in [0.2, 0.25) is 0 Å². The Morgan fingerprint density at radius 1 is 0.840 bits per heavy atom. The molecule has 0 aromatic rings. The smallest absolute Gasteiger partial charge is 0.317 e. The van der Waals surface area contributed by atoms with Crippen LogP contribution in [0.15, 0.2) is 0 Å². The first-order chi connectivity index (χ1) is 11.6. The van der Waals surface area contributed by atoms with E-state index in [4.69, 9.17) is 20.4 Å². The Labute approximate surface area is 145 Å². The van der Waals surface area contributed by atoms with Gasteiger partial charge in [-0.05, 0) is 42.9 Å². The van der Waals surface area contributed by atoms with Crippen molar-refractivity contribution in [2.45, 2.75) is 46.0 Å². The molecule has 0 aromatic heterocycles. The Hall–Kier alpha value is -2.12. The van der Waals surface area contributed by atoms with Crippen LogP contribution in [-0.4, -0.2) is 44.3 Å². The van der Waals surface area contributed by atoms with Gasteiger partial charge in [-0.2, -0.15) is 0 Å². The number of carbonyl (C=O) groups is 4. The second kappa shape index (κ2) is 8.82. The first-order valence-corrected chi connectivity index (χ1v) is 8.51. The highest BCUT2D eigenvalue weighted by Gasteiger charge is 2.46. The van der Waals surface area contributed by atoms with Crippen molar-refractivity contribution >= 4 is 23.9 Å². The normalized spacial score (nSPS) is 26.1.